The molecular formula is C20H28N2O2. The third kappa shape index (κ3) is 5.52. The second-order valence-electron chi connectivity index (χ2n) is 7.73. The number of amides is 1. The van der Waals surface area contributed by atoms with Gasteiger partial charge < -0.3 is 10.3 Å². The normalized spacial score (nSPS) is 11.7. The molecule has 0 saturated heterocycles. The van der Waals surface area contributed by atoms with Crippen LogP contribution in [0.1, 0.15) is 51.2 Å². The van der Waals surface area contributed by atoms with Crippen molar-refractivity contribution in [3.05, 3.63) is 45.7 Å². The van der Waals surface area contributed by atoms with Gasteiger partial charge in [0.2, 0.25) is 5.91 Å². The van der Waals surface area contributed by atoms with Gasteiger partial charge in [-0.1, -0.05) is 32.9 Å². The zero-order chi connectivity index (χ0) is 17.7. The molecule has 2 rings (SSSR count). The number of aryl methyl sites for hydroxylation is 2. The molecule has 0 bridgehead atoms. The van der Waals surface area contributed by atoms with Crippen LogP contribution in [0, 0.1) is 12.3 Å². The Morgan fingerprint density at radius 2 is 1.96 bits per heavy atom. The number of hydrogen-bond acceptors (Lipinski definition) is 2. The predicted octanol–water partition coefficient (Wildman–Crippen LogP) is 3.71. The number of fused-ring (bicyclic) bond motifs is 1. The maximum Gasteiger partial charge on any atom is 0.251 e. The maximum absolute atomic E-state index is 12.1. The summed E-state index contributed by atoms with van der Waals surface area (Å²) in [6, 6.07) is 7.87. The van der Waals surface area contributed by atoms with E-state index < -0.39 is 0 Å². The van der Waals surface area contributed by atoms with Gasteiger partial charge in [-0.3, -0.25) is 9.59 Å². The van der Waals surface area contributed by atoms with Crippen molar-refractivity contribution < 1.29 is 4.79 Å². The number of pyridine rings is 1. The fourth-order valence-electron chi connectivity index (χ4n) is 2.73. The summed E-state index contributed by atoms with van der Waals surface area (Å²) in [6.07, 6.45) is 2.86. The van der Waals surface area contributed by atoms with Gasteiger partial charge in [0.05, 0.1) is 0 Å². The minimum Gasteiger partial charge on any atom is -0.356 e. The van der Waals surface area contributed by atoms with E-state index >= 15 is 0 Å². The Kier molecular flexibility index (Phi) is 5.81. The molecule has 2 N–H and O–H groups in total. The van der Waals surface area contributed by atoms with E-state index in [9.17, 15) is 9.59 Å². The highest BCUT2D eigenvalue weighted by atomic mass is 16.1. The molecule has 1 amide bonds. The Labute approximate surface area is 143 Å². The van der Waals surface area contributed by atoms with Gasteiger partial charge in [0.1, 0.15) is 0 Å². The maximum atomic E-state index is 12.1. The molecule has 0 aliphatic carbocycles. The van der Waals surface area contributed by atoms with Crippen LogP contribution < -0.4 is 10.9 Å². The summed E-state index contributed by atoms with van der Waals surface area (Å²) in [5.41, 5.74) is 2.81. The van der Waals surface area contributed by atoms with Crippen LogP contribution in [0.3, 0.4) is 0 Å². The number of aromatic amines is 1. The van der Waals surface area contributed by atoms with E-state index in [-0.39, 0.29) is 11.5 Å². The molecule has 1 heterocycles. The number of nitrogens with one attached hydrogen (secondary N) is 2. The third-order valence-electron chi connectivity index (χ3n) is 4.13. The lowest BCUT2D eigenvalue weighted by Crippen LogP contribution is -2.26. The van der Waals surface area contributed by atoms with E-state index in [0.717, 1.165) is 29.3 Å². The summed E-state index contributed by atoms with van der Waals surface area (Å²) in [5, 5.41) is 3.94. The molecule has 1 aromatic carbocycles. The molecule has 0 saturated carbocycles. The van der Waals surface area contributed by atoms with Gasteiger partial charge in [0.15, 0.2) is 0 Å². The number of rotatable bonds is 6. The highest BCUT2D eigenvalue weighted by Crippen LogP contribution is 2.19. The summed E-state index contributed by atoms with van der Waals surface area (Å²) >= 11 is 0. The van der Waals surface area contributed by atoms with Crippen LogP contribution in [0.15, 0.2) is 29.1 Å². The Hall–Kier alpha value is -2.10. The van der Waals surface area contributed by atoms with Gasteiger partial charge >= 0.3 is 0 Å². The molecule has 0 spiro atoms. The first-order valence-electron chi connectivity index (χ1n) is 8.64. The first kappa shape index (κ1) is 18.2. The van der Waals surface area contributed by atoms with Crippen LogP contribution >= 0.6 is 0 Å². The SMILES string of the molecule is Cc1ccc2cc(CCC(=O)NCCCC(C)(C)C)c(=O)[nH]c2c1. The Bertz CT molecular complexity index is 769. The monoisotopic (exact) mass is 328 g/mol. The van der Waals surface area contributed by atoms with Gasteiger partial charge in [-0.05, 0) is 54.7 Å². The highest BCUT2D eigenvalue weighted by molar-refractivity contribution is 5.80. The quantitative estimate of drug-likeness (QED) is 0.794. The van der Waals surface area contributed by atoms with Gasteiger partial charge in [0.25, 0.3) is 5.56 Å². The van der Waals surface area contributed by atoms with Crippen LogP contribution in [-0.2, 0) is 11.2 Å². The Morgan fingerprint density at radius 1 is 1.21 bits per heavy atom. The van der Waals surface area contributed by atoms with Crippen molar-refractivity contribution >= 4 is 16.8 Å². The van der Waals surface area contributed by atoms with Crippen molar-refractivity contribution in [3.8, 4) is 0 Å². The van der Waals surface area contributed by atoms with E-state index in [4.69, 9.17) is 0 Å². The zero-order valence-corrected chi connectivity index (χ0v) is 15.2. The molecule has 2 aromatic rings. The molecule has 4 heteroatoms. The standard InChI is InChI=1S/C20H28N2O2/c1-14-6-7-15-13-16(19(24)22-17(15)12-14)8-9-18(23)21-11-5-10-20(2,3)4/h6-7,12-13H,5,8-11H2,1-4H3,(H,21,23)(H,22,24). The Balaban J connectivity index is 1.88. The van der Waals surface area contributed by atoms with E-state index in [1.165, 1.54) is 0 Å². The largest absolute Gasteiger partial charge is 0.356 e. The molecule has 0 atom stereocenters. The molecule has 1 aromatic heterocycles. The Morgan fingerprint density at radius 3 is 2.67 bits per heavy atom. The molecular weight excluding hydrogens is 300 g/mol. The van der Waals surface area contributed by atoms with Crippen LogP contribution in [0.5, 0.6) is 0 Å². The van der Waals surface area contributed by atoms with Crippen molar-refractivity contribution in [1.29, 1.82) is 0 Å². The van der Waals surface area contributed by atoms with E-state index in [1.807, 2.05) is 31.2 Å². The van der Waals surface area contributed by atoms with Crippen molar-refractivity contribution in [2.75, 3.05) is 6.54 Å². The molecule has 0 fully saturated rings. The van der Waals surface area contributed by atoms with Gasteiger partial charge in [0, 0.05) is 24.0 Å². The number of hydrogen-bond donors (Lipinski definition) is 2. The molecule has 0 aliphatic heterocycles. The summed E-state index contributed by atoms with van der Waals surface area (Å²) in [7, 11) is 0. The number of H-pyrrole nitrogens is 1. The number of carbonyl (C=O) groups excluding carboxylic acids is 1. The minimum atomic E-state index is -0.103. The van der Waals surface area contributed by atoms with Crippen LogP contribution in [-0.4, -0.2) is 17.4 Å². The second kappa shape index (κ2) is 7.65. The average Bonchev–Trinajstić information content (AvgIpc) is 2.48. The van der Waals surface area contributed by atoms with E-state index in [1.54, 1.807) is 0 Å². The lowest BCUT2D eigenvalue weighted by molar-refractivity contribution is -0.121. The van der Waals surface area contributed by atoms with Crippen LogP contribution in [0.4, 0.5) is 0 Å². The summed E-state index contributed by atoms with van der Waals surface area (Å²) in [6.45, 7) is 9.28. The molecule has 4 nitrogen and oxygen atoms in total. The summed E-state index contributed by atoms with van der Waals surface area (Å²) < 4.78 is 0. The lowest BCUT2D eigenvalue weighted by atomic mass is 9.91. The summed E-state index contributed by atoms with van der Waals surface area (Å²) in [4.78, 5) is 27.0. The van der Waals surface area contributed by atoms with Crippen molar-refractivity contribution in [2.45, 2.75) is 53.4 Å². The smallest absolute Gasteiger partial charge is 0.251 e. The van der Waals surface area contributed by atoms with Crippen LogP contribution in [0.2, 0.25) is 0 Å². The van der Waals surface area contributed by atoms with E-state index in [0.29, 0.717) is 30.4 Å². The highest BCUT2D eigenvalue weighted by Gasteiger charge is 2.10. The summed E-state index contributed by atoms with van der Waals surface area (Å²) in [5.74, 6) is 0.00677. The van der Waals surface area contributed by atoms with Crippen molar-refractivity contribution in [2.24, 2.45) is 5.41 Å². The molecule has 24 heavy (non-hydrogen) atoms. The van der Waals surface area contributed by atoms with Crippen LogP contribution in [0.25, 0.3) is 10.9 Å². The van der Waals surface area contributed by atoms with E-state index in [2.05, 4.69) is 31.1 Å². The number of benzene rings is 1. The van der Waals surface area contributed by atoms with Gasteiger partial charge in [-0.15, -0.1) is 0 Å². The molecule has 0 unspecified atom stereocenters. The number of carbonyl (C=O) groups is 1. The molecule has 130 valence electrons. The second-order valence-corrected chi connectivity index (χ2v) is 7.73. The van der Waals surface area contributed by atoms with Crippen molar-refractivity contribution in [3.63, 3.8) is 0 Å². The van der Waals surface area contributed by atoms with Gasteiger partial charge in [-0.25, -0.2) is 0 Å². The lowest BCUT2D eigenvalue weighted by Gasteiger charge is -2.17. The topological polar surface area (TPSA) is 62.0 Å². The minimum absolute atomic E-state index is 0.00677. The first-order chi connectivity index (χ1) is 11.2. The molecule has 0 aliphatic rings. The first-order valence-corrected chi connectivity index (χ1v) is 8.64. The zero-order valence-electron chi connectivity index (χ0n) is 15.2. The fourth-order valence-corrected chi connectivity index (χ4v) is 2.73. The fraction of sp³-hybridized carbons (Fsp3) is 0.500. The average molecular weight is 328 g/mol. The predicted molar refractivity (Wildman–Crippen MR) is 99.3 cm³/mol. The van der Waals surface area contributed by atoms with Crippen molar-refractivity contribution in [1.82, 2.24) is 10.3 Å². The van der Waals surface area contributed by atoms with Gasteiger partial charge in [-0.2, -0.15) is 0 Å². The number of aromatic nitrogens is 1. The third-order valence-corrected chi connectivity index (χ3v) is 4.13. The molecule has 0 radical (unpaired) electrons.